The molecule has 0 spiro atoms. The Balaban J connectivity index is 2.57. The predicted molar refractivity (Wildman–Crippen MR) is 68.5 cm³/mol. The van der Waals surface area contributed by atoms with Crippen LogP contribution in [0.5, 0.6) is 5.75 Å². The third kappa shape index (κ3) is 2.24. The average Bonchev–Trinajstić information content (AvgIpc) is 2.33. The number of nitrogens with zero attached hydrogens (tertiary/aromatic N) is 2. The predicted octanol–water partition coefficient (Wildman–Crippen LogP) is 3.42. The average molecular weight is 249 g/mol. The second kappa shape index (κ2) is 4.72. The SMILES string of the molecule is COc1ccc(-c2ncnc(Cl)c2C)c(C)c1. The minimum absolute atomic E-state index is 0.491. The largest absolute Gasteiger partial charge is 0.497 e. The summed E-state index contributed by atoms with van der Waals surface area (Å²) in [6, 6.07) is 5.88. The van der Waals surface area contributed by atoms with E-state index in [4.69, 9.17) is 16.3 Å². The first-order valence-electron chi connectivity index (χ1n) is 5.25. The minimum Gasteiger partial charge on any atom is -0.497 e. The number of hydrogen-bond acceptors (Lipinski definition) is 3. The lowest BCUT2D eigenvalue weighted by molar-refractivity contribution is 0.414. The molecule has 1 heterocycles. The van der Waals surface area contributed by atoms with E-state index in [1.54, 1.807) is 7.11 Å². The van der Waals surface area contributed by atoms with Gasteiger partial charge < -0.3 is 4.74 Å². The van der Waals surface area contributed by atoms with Gasteiger partial charge in [-0.1, -0.05) is 11.6 Å². The normalized spacial score (nSPS) is 10.4. The number of aromatic nitrogens is 2. The standard InChI is InChI=1S/C13H13ClN2O/c1-8-6-10(17-3)4-5-11(8)12-9(2)13(14)16-7-15-12/h4-7H,1-3H3. The van der Waals surface area contributed by atoms with Crippen LogP contribution in [0.1, 0.15) is 11.1 Å². The second-order valence-electron chi connectivity index (χ2n) is 3.82. The minimum atomic E-state index is 0.491. The zero-order valence-electron chi connectivity index (χ0n) is 9.99. The molecule has 0 radical (unpaired) electrons. The van der Waals surface area contributed by atoms with Crippen molar-refractivity contribution < 1.29 is 4.74 Å². The van der Waals surface area contributed by atoms with Crippen LogP contribution >= 0.6 is 11.6 Å². The Morgan fingerprint density at radius 3 is 2.59 bits per heavy atom. The number of halogens is 1. The fraction of sp³-hybridized carbons (Fsp3) is 0.231. The Hall–Kier alpha value is -1.61. The highest BCUT2D eigenvalue weighted by molar-refractivity contribution is 6.30. The molecule has 0 N–H and O–H groups in total. The first kappa shape index (κ1) is 11.9. The number of hydrogen-bond donors (Lipinski definition) is 0. The van der Waals surface area contributed by atoms with Gasteiger partial charge in [-0.05, 0) is 37.6 Å². The summed E-state index contributed by atoms with van der Waals surface area (Å²) in [5.41, 5.74) is 3.91. The van der Waals surface area contributed by atoms with Crippen molar-refractivity contribution in [3.05, 3.63) is 40.8 Å². The Kier molecular flexibility index (Phi) is 3.29. The van der Waals surface area contributed by atoms with Gasteiger partial charge in [0.25, 0.3) is 0 Å². The van der Waals surface area contributed by atoms with Gasteiger partial charge in [0.05, 0.1) is 12.8 Å². The molecule has 1 aromatic carbocycles. The molecule has 88 valence electrons. The van der Waals surface area contributed by atoms with Crippen LogP contribution in [0.4, 0.5) is 0 Å². The van der Waals surface area contributed by atoms with Gasteiger partial charge in [0.15, 0.2) is 0 Å². The van der Waals surface area contributed by atoms with E-state index < -0.39 is 0 Å². The van der Waals surface area contributed by atoms with Crippen molar-refractivity contribution in [2.45, 2.75) is 13.8 Å². The molecule has 0 saturated carbocycles. The Morgan fingerprint density at radius 2 is 1.94 bits per heavy atom. The van der Waals surface area contributed by atoms with Crippen molar-refractivity contribution in [1.82, 2.24) is 9.97 Å². The second-order valence-corrected chi connectivity index (χ2v) is 4.18. The van der Waals surface area contributed by atoms with Crippen LogP contribution in [0.15, 0.2) is 24.5 Å². The molecule has 0 atom stereocenters. The van der Waals surface area contributed by atoms with Gasteiger partial charge in [-0.15, -0.1) is 0 Å². The van der Waals surface area contributed by atoms with Crippen LogP contribution in [-0.2, 0) is 0 Å². The van der Waals surface area contributed by atoms with Crippen LogP contribution in [0.3, 0.4) is 0 Å². The molecule has 1 aromatic heterocycles. The fourth-order valence-electron chi connectivity index (χ4n) is 1.73. The van der Waals surface area contributed by atoms with Gasteiger partial charge in [0, 0.05) is 11.1 Å². The summed E-state index contributed by atoms with van der Waals surface area (Å²) in [7, 11) is 1.65. The topological polar surface area (TPSA) is 35.0 Å². The van der Waals surface area contributed by atoms with E-state index in [9.17, 15) is 0 Å². The lowest BCUT2D eigenvalue weighted by Gasteiger charge is -2.10. The number of ether oxygens (including phenoxy) is 1. The summed E-state index contributed by atoms with van der Waals surface area (Å²) in [6.45, 7) is 3.94. The zero-order valence-corrected chi connectivity index (χ0v) is 10.7. The van der Waals surface area contributed by atoms with Gasteiger partial charge >= 0.3 is 0 Å². The molecule has 0 bridgehead atoms. The molecule has 0 saturated heterocycles. The Morgan fingerprint density at radius 1 is 1.18 bits per heavy atom. The van der Waals surface area contributed by atoms with Gasteiger partial charge in [-0.25, -0.2) is 9.97 Å². The third-order valence-electron chi connectivity index (χ3n) is 2.71. The van der Waals surface area contributed by atoms with Gasteiger partial charge in [0.1, 0.15) is 17.2 Å². The van der Waals surface area contributed by atoms with Crippen molar-refractivity contribution in [2.75, 3.05) is 7.11 Å². The van der Waals surface area contributed by atoms with Crippen LogP contribution in [0, 0.1) is 13.8 Å². The molecule has 2 aromatic rings. The number of rotatable bonds is 2. The summed E-state index contributed by atoms with van der Waals surface area (Å²) >= 11 is 6.00. The molecular weight excluding hydrogens is 236 g/mol. The van der Waals surface area contributed by atoms with Crippen molar-refractivity contribution in [3.8, 4) is 17.0 Å². The lowest BCUT2D eigenvalue weighted by Crippen LogP contribution is -1.94. The molecule has 3 nitrogen and oxygen atoms in total. The highest BCUT2D eigenvalue weighted by atomic mass is 35.5. The zero-order chi connectivity index (χ0) is 12.4. The van der Waals surface area contributed by atoms with Crippen molar-refractivity contribution in [3.63, 3.8) is 0 Å². The quantitative estimate of drug-likeness (QED) is 0.764. The van der Waals surface area contributed by atoms with E-state index in [1.165, 1.54) is 6.33 Å². The van der Waals surface area contributed by atoms with Crippen molar-refractivity contribution >= 4 is 11.6 Å². The van der Waals surface area contributed by atoms with E-state index in [2.05, 4.69) is 9.97 Å². The summed E-state index contributed by atoms with van der Waals surface area (Å²) < 4.78 is 5.18. The number of benzene rings is 1. The third-order valence-corrected chi connectivity index (χ3v) is 3.09. The van der Waals surface area contributed by atoms with Gasteiger partial charge in [0.2, 0.25) is 0 Å². The maximum Gasteiger partial charge on any atom is 0.135 e. The van der Waals surface area contributed by atoms with Gasteiger partial charge in [-0.2, -0.15) is 0 Å². The molecular formula is C13H13ClN2O. The van der Waals surface area contributed by atoms with Crippen molar-refractivity contribution in [2.24, 2.45) is 0 Å². The molecule has 0 amide bonds. The van der Waals surface area contributed by atoms with E-state index >= 15 is 0 Å². The highest BCUT2D eigenvalue weighted by Crippen LogP contribution is 2.29. The summed E-state index contributed by atoms with van der Waals surface area (Å²) in [4.78, 5) is 8.25. The number of aryl methyl sites for hydroxylation is 1. The van der Waals surface area contributed by atoms with Crippen LogP contribution in [0.25, 0.3) is 11.3 Å². The molecule has 0 aliphatic carbocycles. The molecule has 0 aliphatic rings. The monoisotopic (exact) mass is 248 g/mol. The summed E-state index contributed by atoms with van der Waals surface area (Å²) in [5, 5.41) is 0.491. The molecule has 4 heteroatoms. The van der Waals surface area contributed by atoms with E-state index in [1.807, 2.05) is 32.0 Å². The maximum atomic E-state index is 6.00. The van der Waals surface area contributed by atoms with E-state index in [0.717, 1.165) is 28.1 Å². The maximum absolute atomic E-state index is 6.00. The first-order valence-corrected chi connectivity index (χ1v) is 5.63. The highest BCUT2D eigenvalue weighted by Gasteiger charge is 2.10. The van der Waals surface area contributed by atoms with Crippen molar-refractivity contribution in [1.29, 1.82) is 0 Å². The van der Waals surface area contributed by atoms with Crippen LogP contribution < -0.4 is 4.74 Å². The van der Waals surface area contributed by atoms with Crippen LogP contribution in [-0.4, -0.2) is 17.1 Å². The molecule has 0 aliphatic heterocycles. The Bertz CT molecular complexity index is 555. The molecule has 2 rings (SSSR count). The fourth-order valence-corrected chi connectivity index (χ4v) is 1.86. The molecule has 0 fully saturated rings. The van der Waals surface area contributed by atoms with E-state index in [-0.39, 0.29) is 0 Å². The first-order chi connectivity index (χ1) is 8.13. The molecule has 17 heavy (non-hydrogen) atoms. The van der Waals surface area contributed by atoms with Crippen LogP contribution in [0.2, 0.25) is 5.15 Å². The molecule has 0 unspecified atom stereocenters. The lowest BCUT2D eigenvalue weighted by atomic mass is 10.0. The summed E-state index contributed by atoms with van der Waals surface area (Å²) in [6.07, 6.45) is 1.48. The van der Waals surface area contributed by atoms with E-state index in [0.29, 0.717) is 5.15 Å². The smallest absolute Gasteiger partial charge is 0.135 e. The Labute approximate surface area is 105 Å². The number of methoxy groups -OCH3 is 1. The summed E-state index contributed by atoms with van der Waals surface area (Å²) in [5.74, 6) is 0.837. The van der Waals surface area contributed by atoms with Gasteiger partial charge in [-0.3, -0.25) is 0 Å².